The van der Waals surface area contributed by atoms with Gasteiger partial charge in [0.2, 0.25) is 5.91 Å². The van der Waals surface area contributed by atoms with Gasteiger partial charge in [0.15, 0.2) is 0 Å². The van der Waals surface area contributed by atoms with E-state index in [0.717, 1.165) is 5.56 Å². The zero-order valence-corrected chi connectivity index (χ0v) is 10.9. The summed E-state index contributed by atoms with van der Waals surface area (Å²) in [5.41, 5.74) is 0.748. The average Bonchev–Trinajstić information content (AvgIpc) is 2.28. The van der Waals surface area contributed by atoms with Gasteiger partial charge in [0.1, 0.15) is 0 Å². The normalized spacial score (nSPS) is 10.8. The number of amides is 1. The molecule has 0 heterocycles. The summed E-state index contributed by atoms with van der Waals surface area (Å²) < 4.78 is 4.81. The Kier molecular flexibility index (Phi) is 6.05. The van der Waals surface area contributed by atoms with Crippen molar-refractivity contribution in [1.29, 1.82) is 0 Å². The fourth-order valence-electron chi connectivity index (χ4n) is 1.14. The van der Waals surface area contributed by atoms with Gasteiger partial charge in [0, 0.05) is 29.8 Å². The summed E-state index contributed by atoms with van der Waals surface area (Å²) in [6, 6.07) is 5.10. The average molecular weight is 274 g/mol. The zero-order chi connectivity index (χ0) is 12.7. The standard InChI is InChI=1S/C12H13Cl2NO2/c1-17-7-6-15-12(16)5-3-9-2-4-10(13)8-11(9)14/h2-5,8H,6-7H2,1H3,(H,15,16)/b5-3+. The first-order valence-corrected chi connectivity index (χ1v) is 5.79. The highest BCUT2D eigenvalue weighted by molar-refractivity contribution is 6.35. The zero-order valence-electron chi connectivity index (χ0n) is 9.37. The molecule has 1 aromatic carbocycles. The van der Waals surface area contributed by atoms with Crippen LogP contribution in [0.3, 0.4) is 0 Å². The largest absolute Gasteiger partial charge is 0.383 e. The molecule has 17 heavy (non-hydrogen) atoms. The molecule has 3 nitrogen and oxygen atoms in total. The minimum Gasteiger partial charge on any atom is -0.383 e. The molecule has 0 unspecified atom stereocenters. The number of carbonyl (C=O) groups is 1. The van der Waals surface area contributed by atoms with E-state index in [-0.39, 0.29) is 5.91 Å². The Balaban J connectivity index is 2.55. The predicted molar refractivity (Wildman–Crippen MR) is 70.4 cm³/mol. The third-order valence-electron chi connectivity index (χ3n) is 1.98. The van der Waals surface area contributed by atoms with Gasteiger partial charge < -0.3 is 10.1 Å². The molecule has 0 aliphatic heterocycles. The minimum atomic E-state index is -0.187. The fraction of sp³-hybridized carbons (Fsp3) is 0.250. The van der Waals surface area contributed by atoms with E-state index in [1.807, 2.05) is 0 Å². The number of ether oxygens (including phenoxy) is 1. The van der Waals surface area contributed by atoms with Crippen LogP contribution in [-0.4, -0.2) is 26.2 Å². The second kappa shape index (κ2) is 7.33. The molecule has 0 saturated carbocycles. The summed E-state index contributed by atoms with van der Waals surface area (Å²) >= 11 is 11.7. The van der Waals surface area contributed by atoms with E-state index in [1.54, 1.807) is 31.4 Å². The first-order chi connectivity index (χ1) is 8.13. The van der Waals surface area contributed by atoms with E-state index in [0.29, 0.717) is 23.2 Å². The Morgan fingerprint density at radius 2 is 2.24 bits per heavy atom. The summed E-state index contributed by atoms with van der Waals surface area (Å²) in [6.45, 7) is 0.968. The van der Waals surface area contributed by atoms with E-state index < -0.39 is 0 Å². The van der Waals surface area contributed by atoms with E-state index in [1.165, 1.54) is 6.08 Å². The van der Waals surface area contributed by atoms with Crippen LogP contribution >= 0.6 is 23.2 Å². The van der Waals surface area contributed by atoms with E-state index in [2.05, 4.69) is 5.32 Å². The highest BCUT2D eigenvalue weighted by atomic mass is 35.5. The molecule has 0 atom stereocenters. The molecule has 0 aliphatic rings. The number of hydrogen-bond acceptors (Lipinski definition) is 2. The highest BCUT2D eigenvalue weighted by Crippen LogP contribution is 2.21. The Morgan fingerprint density at radius 3 is 2.88 bits per heavy atom. The van der Waals surface area contributed by atoms with Gasteiger partial charge in [-0.15, -0.1) is 0 Å². The molecule has 5 heteroatoms. The van der Waals surface area contributed by atoms with E-state index in [4.69, 9.17) is 27.9 Å². The van der Waals surface area contributed by atoms with Crippen LogP contribution in [0.1, 0.15) is 5.56 Å². The third kappa shape index (κ3) is 5.22. The van der Waals surface area contributed by atoms with Gasteiger partial charge in [-0.1, -0.05) is 29.3 Å². The first-order valence-electron chi connectivity index (χ1n) is 5.03. The van der Waals surface area contributed by atoms with Crippen molar-refractivity contribution in [1.82, 2.24) is 5.32 Å². The van der Waals surface area contributed by atoms with Crippen LogP contribution in [0.15, 0.2) is 24.3 Å². The molecular formula is C12H13Cl2NO2. The summed E-state index contributed by atoms with van der Waals surface area (Å²) in [7, 11) is 1.58. The molecule has 92 valence electrons. The second-order valence-corrected chi connectivity index (χ2v) is 4.13. The molecule has 0 spiro atoms. The van der Waals surface area contributed by atoms with Crippen LogP contribution in [0, 0.1) is 0 Å². The predicted octanol–water partition coefficient (Wildman–Crippen LogP) is 2.77. The lowest BCUT2D eigenvalue weighted by molar-refractivity contribution is -0.116. The van der Waals surface area contributed by atoms with Crippen LogP contribution in [0.4, 0.5) is 0 Å². The Labute approximate surface area is 110 Å². The molecule has 0 aliphatic carbocycles. The van der Waals surface area contributed by atoms with Crippen molar-refractivity contribution >= 4 is 35.2 Å². The van der Waals surface area contributed by atoms with Gasteiger partial charge in [-0.25, -0.2) is 0 Å². The smallest absolute Gasteiger partial charge is 0.244 e. The van der Waals surface area contributed by atoms with Gasteiger partial charge in [0.25, 0.3) is 0 Å². The lowest BCUT2D eigenvalue weighted by Crippen LogP contribution is -2.24. The molecule has 1 aromatic rings. The molecule has 1 rings (SSSR count). The maximum absolute atomic E-state index is 11.3. The number of carbonyl (C=O) groups excluding carboxylic acids is 1. The first kappa shape index (κ1) is 14.0. The molecule has 0 fully saturated rings. The van der Waals surface area contributed by atoms with Crippen molar-refractivity contribution in [3.8, 4) is 0 Å². The van der Waals surface area contributed by atoms with E-state index in [9.17, 15) is 4.79 Å². The maximum atomic E-state index is 11.3. The topological polar surface area (TPSA) is 38.3 Å². The number of rotatable bonds is 5. The van der Waals surface area contributed by atoms with Crippen molar-refractivity contribution in [3.05, 3.63) is 39.9 Å². The second-order valence-electron chi connectivity index (χ2n) is 3.28. The molecule has 1 N–H and O–H groups in total. The lowest BCUT2D eigenvalue weighted by Gasteiger charge is -2.01. The highest BCUT2D eigenvalue weighted by Gasteiger charge is 1.99. The Bertz CT molecular complexity index is 419. The van der Waals surface area contributed by atoms with Crippen molar-refractivity contribution in [3.63, 3.8) is 0 Å². The number of benzene rings is 1. The number of halogens is 2. The van der Waals surface area contributed by atoms with Crippen molar-refractivity contribution in [2.24, 2.45) is 0 Å². The van der Waals surface area contributed by atoms with Gasteiger partial charge >= 0.3 is 0 Å². The maximum Gasteiger partial charge on any atom is 0.244 e. The molecule has 0 radical (unpaired) electrons. The van der Waals surface area contributed by atoms with Gasteiger partial charge in [-0.2, -0.15) is 0 Å². The monoisotopic (exact) mass is 273 g/mol. The van der Waals surface area contributed by atoms with Crippen LogP contribution in [0.2, 0.25) is 10.0 Å². The molecule has 1 amide bonds. The Hall–Kier alpha value is -1.03. The van der Waals surface area contributed by atoms with Gasteiger partial charge in [-0.05, 0) is 23.8 Å². The fourth-order valence-corrected chi connectivity index (χ4v) is 1.61. The summed E-state index contributed by atoms with van der Waals surface area (Å²) in [6.07, 6.45) is 3.06. The molecule has 0 saturated heterocycles. The number of nitrogens with one attached hydrogen (secondary N) is 1. The number of methoxy groups -OCH3 is 1. The SMILES string of the molecule is COCCNC(=O)/C=C/c1ccc(Cl)cc1Cl. The molecule has 0 aromatic heterocycles. The number of hydrogen-bond donors (Lipinski definition) is 1. The Morgan fingerprint density at radius 1 is 1.47 bits per heavy atom. The van der Waals surface area contributed by atoms with Crippen LogP contribution < -0.4 is 5.32 Å². The summed E-state index contributed by atoms with van der Waals surface area (Å²) in [4.78, 5) is 11.3. The molecular weight excluding hydrogens is 261 g/mol. The van der Waals surface area contributed by atoms with Crippen LogP contribution in [0.25, 0.3) is 6.08 Å². The van der Waals surface area contributed by atoms with Crippen LogP contribution in [0.5, 0.6) is 0 Å². The van der Waals surface area contributed by atoms with Gasteiger partial charge in [-0.3, -0.25) is 4.79 Å². The van der Waals surface area contributed by atoms with E-state index >= 15 is 0 Å². The van der Waals surface area contributed by atoms with Crippen molar-refractivity contribution in [2.75, 3.05) is 20.3 Å². The minimum absolute atomic E-state index is 0.187. The van der Waals surface area contributed by atoms with Crippen molar-refractivity contribution < 1.29 is 9.53 Å². The lowest BCUT2D eigenvalue weighted by atomic mass is 10.2. The quantitative estimate of drug-likeness (QED) is 0.662. The molecule has 0 bridgehead atoms. The third-order valence-corrected chi connectivity index (χ3v) is 2.54. The summed E-state index contributed by atoms with van der Waals surface area (Å²) in [5, 5.41) is 3.74. The van der Waals surface area contributed by atoms with Crippen molar-refractivity contribution in [2.45, 2.75) is 0 Å². The van der Waals surface area contributed by atoms with Crippen LogP contribution in [-0.2, 0) is 9.53 Å². The van der Waals surface area contributed by atoms with Gasteiger partial charge in [0.05, 0.1) is 6.61 Å². The summed E-state index contributed by atoms with van der Waals surface area (Å²) in [5.74, 6) is -0.187.